The molecule has 0 bridgehead atoms. The first-order chi connectivity index (χ1) is 17.9. The Balaban J connectivity index is 1.59. The van der Waals surface area contributed by atoms with Gasteiger partial charge in [-0.2, -0.15) is 0 Å². The molecule has 1 saturated carbocycles. The van der Waals surface area contributed by atoms with Crippen molar-refractivity contribution in [2.75, 3.05) is 30.4 Å². The normalized spacial score (nSPS) is 22.1. The number of halogens is 1. The monoisotopic (exact) mass is 506 g/mol. The van der Waals surface area contributed by atoms with E-state index in [0.717, 1.165) is 56.2 Å². The van der Waals surface area contributed by atoms with E-state index in [0.29, 0.717) is 18.7 Å². The highest BCUT2D eigenvalue weighted by molar-refractivity contribution is 6.13. The van der Waals surface area contributed by atoms with Crippen LogP contribution < -0.4 is 9.80 Å². The predicted molar refractivity (Wildman–Crippen MR) is 141 cm³/mol. The molecule has 0 spiro atoms. The first-order valence-corrected chi connectivity index (χ1v) is 13.4. The highest BCUT2D eigenvalue weighted by Gasteiger charge is 2.48. The van der Waals surface area contributed by atoms with Crippen LogP contribution in [-0.2, 0) is 9.59 Å². The lowest BCUT2D eigenvalue weighted by atomic mass is 9.94. The molecular formula is C29H35FN4O3. The lowest BCUT2D eigenvalue weighted by molar-refractivity contribution is -0.128. The van der Waals surface area contributed by atoms with E-state index in [1.807, 2.05) is 29.2 Å². The van der Waals surface area contributed by atoms with E-state index in [1.165, 1.54) is 21.9 Å². The van der Waals surface area contributed by atoms with E-state index < -0.39 is 17.9 Å². The van der Waals surface area contributed by atoms with Crippen LogP contribution in [0.4, 0.5) is 20.6 Å². The number of likely N-dealkylation sites (tertiary alicyclic amines) is 1. The molecule has 2 aromatic carbocycles. The number of amides is 4. The highest BCUT2D eigenvalue weighted by atomic mass is 19.1. The highest BCUT2D eigenvalue weighted by Crippen LogP contribution is 2.45. The van der Waals surface area contributed by atoms with E-state index in [4.69, 9.17) is 0 Å². The van der Waals surface area contributed by atoms with Gasteiger partial charge in [0, 0.05) is 43.6 Å². The Morgan fingerprint density at radius 2 is 1.65 bits per heavy atom. The number of piperidine rings is 1. The number of hydrogen-bond acceptors (Lipinski definition) is 3. The smallest absolute Gasteiger partial charge is 0.320 e. The Kier molecular flexibility index (Phi) is 7.17. The molecule has 2 aliphatic heterocycles. The Labute approximate surface area is 217 Å². The summed E-state index contributed by atoms with van der Waals surface area (Å²) in [5.41, 5.74) is 1.90. The molecule has 0 aromatic heterocycles. The SMILES string of the molecule is CN(C)C(=O)N1CCCC[C@@H]1C(=O)N(c1cccc(F)c1)C1C(=O)N(C2CCCCC2)c2ccccc21. The van der Waals surface area contributed by atoms with Crippen molar-refractivity contribution in [3.05, 3.63) is 59.9 Å². The standard InChI is InChI=1S/C29H35FN4O3/c1-31(2)29(37)32-18-9-8-17-25(32)27(35)34(22-14-10-11-20(30)19-22)26-23-15-6-7-16-24(23)33(28(26)36)21-12-4-3-5-13-21/h6-7,10-11,14-16,19,21,25-26H,3-5,8-9,12-13,17-18H2,1-2H3/t25-,26?/m1/s1. The molecule has 5 rings (SSSR count). The number of fused-ring (bicyclic) bond motifs is 1. The fourth-order valence-corrected chi connectivity index (χ4v) is 6.15. The minimum atomic E-state index is -0.911. The van der Waals surface area contributed by atoms with Gasteiger partial charge >= 0.3 is 6.03 Å². The molecule has 4 amide bonds. The zero-order chi connectivity index (χ0) is 26.1. The van der Waals surface area contributed by atoms with Crippen molar-refractivity contribution < 1.29 is 18.8 Å². The van der Waals surface area contributed by atoms with Crippen molar-refractivity contribution in [3.63, 3.8) is 0 Å². The topological polar surface area (TPSA) is 64.2 Å². The van der Waals surface area contributed by atoms with Gasteiger partial charge in [-0.05, 0) is 56.4 Å². The fraction of sp³-hybridized carbons (Fsp3) is 0.483. The summed E-state index contributed by atoms with van der Waals surface area (Å²) in [6.07, 6.45) is 7.25. The van der Waals surface area contributed by atoms with Gasteiger partial charge in [-0.1, -0.05) is 43.5 Å². The maximum Gasteiger partial charge on any atom is 0.320 e. The minimum absolute atomic E-state index is 0.0818. The van der Waals surface area contributed by atoms with Crippen LogP contribution in [0.3, 0.4) is 0 Å². The van der Waals surface area contributed by atoms with Gasteiger partial charge in [0.1, 0.15) is 17.9 Å². The summed E-state index contributed by atoms with van der Waals surface area (Å²) in [5, 5.41) is 0. The molecule has 0 N–H and O–H groups in total. The molecule has 8 heteroatoms. The van der Waals surface area contributed by atoms with E-state index in [9.17, 15) is 18.8 Å². The van der Waals surface area contributed by atoms with Crippen molar-refractivity contribution in [1.29, 1.82) is 0 Å². The molecule has 1 saturated heterocycles. The van der Waals surface area contributed by atoms with E-state index >= 15 is 0 Å². The summed E-state index contributed by atoms with van der Waals surface area (Å²) in [5.74, 6) is -0.991. The Morgan fingerprint density at radius 3 is 2.38 bits per heavy atom. The third-order valence-corrected chi connectivity index (χ3v) is 7.90. The molecule has 1 unspecified atom stereocenters. The summed E-state index contributed by atoms with van der Waals surface area (Å²) in [7, 11) is 3.34. The number of carbonyl (C=O) groups is 3. The van der Waals surface area contributed by atoms with E-state index in [-0.39, 0.29) is 23.9 Å². The van der Waals surface area contributed by atoms with Gasteiger partial charge in [-0.3, -0.25) is 14.5 Å². The van der Waals surface area contributed by atoms with Gasteiger partial charge in [-0.25, -0.2) is 9.18 Å². The number of benzene rings is 2. The zero-order valence-electron chi connectivity index (χ0n) is 21.6. The largest absolute Gasteiger partial charge is 0.331 e. The fourth-order valence-electron chi connectivity index (χ4n) is 6.15. The second-order valence-corrected chi connectivity index (χ2v) is 10.5. The van der Waals surface area contributed by atoms with Gasteiger partial charge in [0.2, 0.25) is 0 Å². The molecule has 2 aromatic rings. The number of nitrogens with zero attached hydrogens (tertiary/aromatic N) is 4. The third-order valence-electron chi connectivity index (χ3n) is 7.90. The second kappa shape index (κ2) is 10.5. The summed E-state index contributed by atoms with van der Waals surface area (Å²) in [6, 6.07) is 11.7. The average Bonchev–Trinajstić information content (AvgIpc) is 3.20. The third kappa shape index (κ3) is 4.69. The molecular weight excluding hydrogens is 471 g/mol. The number of para-hydroxylation sites is 1. The summed E-state index contributed by atoms with van der Waals surface area (Å²) in [6.45, 7) is 0.466. The Bertz CT molecular complexity index is 1180. The van der Waals surface area contributed by atoms with Gasteiger partial charge in [0.25, 0.3) is 11.8 Å². The number of urea groups is 1. The van der Waals surface area contributed by atoms with Crippen LogP contribution in [0.2, 0.25) is 0 Å². The lowest BCUT2D eigenvalue weighted by Crippen LogP contribution is -2.57. The van der Waals surface area contributed by atoms with Gasteiger partial charge in [-0.15, -0.1) is 0 Å². The maximum atomic E-state index is 14.5. The predicted octanol–water partition coefficient (Wildman–Crippen LogP) is 5.12. The van der Waals surface area contributed by atoms with E-state index in [1.54, 1.807) is 31.1 Å². The summed E-state index contributed by atoms with van der Waals surface area (Å²) < 4.78 is 14.5. The van der Waals surface area contributed by atoms with Crippen molar-refractivity contribution in [2.24, 2.45) is 0 Å². The van der Waals surface area contributed by atoms with Gasteiger partial charge in [0.15, 0.2) is 0 Å². The van der Waals surface area contributed by atoms with Crippen LogP contribution in [0.15, 0.2) is 48.5 Å². The second-order valence-electron chi connectivity index (χ2n) is 10.5. The summed E-state index contributed by atoms with van der Waals surface area (Å²) in [4.78, 5) is 48.0. The van der Waals surface area contributed by atoms with Crippen molar-refractivity contribution in [1.82, 2.24) is 9.80 Å². The molecule has 37 heavy (non-hydrogen) atoms. The van der Waals surface area contributed by atoms with Gasteiger partial charge in [0.05, 0.1) is 0 Å². The molecule has 3 aliphatic rings. The van der Waals surface area contributed by atoms with Gasteiger partial charge < -0.3 is 14.7 Å². The van der Waals surface area contributed by atoms with Crippen LogP contribution >= 0.6 is 0 Å². The van der Waals surface area contributed by atoms with Crippen LogP contribution in [-0.4, -0.2) is 60.4 Å². The number of anilines is 2. The van der Waals surface area contributed by atoms with Crippen LogP contribution in [0.25, 0.3) is 0 Å². The van der Waals surface area contributed by atoms with Crippen LogP contribution in [0, 0.1) is 5.82 Å². The molecule has 2 fully saturated rings. The number of hydrogen-bond donors (Lipinski definition) is 0. The molecule has 1 aliphatic carbocycles. The average molecular weight is 507 g/mol. The van der Waals surface area contributed by atoms with Crippen LogP contribution in [0.5, 0.6) is 0 Å². The number of rotatable bonds is 4. The first kappa shape index (κ1) is 25.2. The van der Waals surface area contributed by atoms with E-state index in [2.05, 4.69) is 0 Å². The quantitative estimate of drug-likeness (QED) is 0.579. The molecule has 196 valence electrons. The maximum absolute atomic E-state index is 14.5. The first-order valence-electron chi connectivity index (χ1n) is 13.4. The Hall–Kier alpha value is -3.42. The van der Waals surface area contributed by atoms with Crippen molar-refractivity contribution in [2.45, 2.75) is 69.5 Å². The van der Waals surface area contributed by atoms with Crippen molar-refractivity contribution >= 4 is 29.2 Å². The zero-order valence-corrected chi connectivity index (χ0v) is 21.6. The molecule has 7 nitrogen and oxygen atoms in total. The molecule has 2 atom stereocenters. The number of carbonyl (C=O) groups excluding carboxylic acids is 3. The summed E-state index contributed by atoms with van der Waals surface area (Å²) >= 11 is 0. The van der Waals surface area contributed by atoms with Crippen LogP contribution in [0.1, 0.15) is 63.0 Å². The Morgan fingerprint density at radius 1 is 0.919 bits per heavy atom. The molecule has 0 radical (unpaired) electrons. The van der Waals surface area contributed by atoms with Crippen molar-refractivity contribution in [3.8, 4) is 0 Å². The lowest BCUT2D eigenvalue weighted by Gasteiger charge is -2.40. The minimum Gasteiger partial charge on any atom is -0.331 e. The molecule has 2 heterocycles.